The second-order valence-corrected chi connectivity index (χ2v) is 6.71. The van der Waals surface area contributed by atoms with Crippen LogP contribution in [0.1, 0.15) is 37.3 Å². The zero-order chi connectivity index (χ0) is 15.0. The minimum Gasteiger partial charge on any atom is -0.497 e. The number of fused-ring (bicyclic) bond motifs is 2. The van der Waals surface area contributed by atoms with Crippen LogP contribution in [0.15, 0.2) is 18.2 Å². The fraction of sp³-hybridized carbons (Fsp3) is 0.611. The highest BCUT2D eigenvalue weighted by molar-refractivity contribution is 5.77. The first-order chi connectivity index (χ1) is 10.1. The van der Waals surface area contributed by atoms with Crippen molar-refractivity contribution in [3.63, 3.8) is 0 Å². The minimum absolute atomic E-state index is 0.0332. The zero-order valence-corrected chi connectivity index (χ0v) is 13.1. The van der Waals surface area contributed by atoms with Crippen LogP contribution in [-0.2, 0) is 22.4 Å². The van der Waals surface area contributed by atoms with Crippen molar-refractivity contribution in [1.82, 2.24) is 0 Å². The maximum atomic E-state index is 12.3. The van der Waals surface area contributed by atoms with Crippen molar-refractivity contribution in [1.29, 1.82) is 0 Å². The summed E-state index contributed by atoms with van der Waals surface area (Å²) < 4.78 is 10.4. The Kier molecular flexibility index (Phi) is 3.68. The third-order valence-electron chi connectivity index (χ3n) is 5.65. The van der Waals surface area contributed by atoms with Gasteiger partial charge in [-0.3, -0.25) is 4.79 Å². The summed E-state index contributed by atoms with van der Waals surface area (Å²) in [7, 11) is 3.22. The number of hydrogen-bond acceptors (Lipinski definition) is 3. The molecule has 0 radical (unpaired) electrons. The van der Waals surface area contributed by atoms with Crippen LogP contribution >= 0.6 is 0 Å². The fourth-order valence-electron chi connectivity index (χ4n) is 4.40. The number of methoxy groups -OCH3 is 2. The molecule has 2 aliphatic carbocycles. The van der Waals surface area contributed by atoms with Gasteiger partial charge in [0.1, 0.15) is 5.75 Å². The average molecular weight is 288 g/mol. The van der Waals surface area contributed by atoms with Crippen molar-refractivity contribution in [2.75, 3.05) is 14.2 Å². The van der Waals surface area contributed by atoms with Gasteiger partial charge in [-0.25, -0.2) is 0 Å². The number of carbonyl (C=O) groups excluding carboxylic acids is 1. The van der Waals surface area contributed by atoms with Crippen LogP contribution < -0.4 is 4.74 Å². The lowest BCUT2D eigenvalue weighted by molar-refractivity contribution is -0.160. The Morgan fingerprint density at radius 3 is 2.76 bits per heavy atom. The molecule has 114 valence electrons. The molecule has 21 heavy (non-hydrogen) atoms. The molecule has 1 aromatic carbocycles. The highest BCUT2D eigenvalue weighted by Crippen LogP contribution is 2.50. The van der Waals surface area contributed by atoms with Gasteiger partial charge in [0, 0.05) is 0 Å². The van der Waals surface area contributed by atoms with Crippen molar-refractivity contribution >= 4 is 5.97 Å². The molecule has 0 aromatic heterocycles. The van der Waals surface area contributed by atoms with E-state index < -0.39 is 0 Å². The van der Waals surface area contributed by atoms with Crippen molar-refractivity contribution in [2.45, 2.75) is 39.0 Å². The lowest BCUT2D eigenvalue weighted by Gasteiger charge is -2.47. The van der Waals surface area contributed by atoms with Crippen LogP contribution in [0.5, 0.6) is 5.75 Å². The van der Waals surface area contributed by atoms with E-state index in [1.807, 2.05) is 6.07 Å². The SMILES string of the molecule is COC(=O)[C@]1(C)CCC[C@@H]2Cc3cc(OC)ccc3C[C@H]21. The van der Waals surface area contributed by atoms with Gasteiger partial charge in [0.15, 0.2) is 0 Å². The van der Waals surface area contributed by atoms with Crippen molar-refractivity contribution < 1.29 is 14.3 Å². The Labute approximate surface area is 126 Å². The highest BCUT2D eigenvalue weighted by atomic mass is 16.5. The molecule has 0 amide bonds. The first kappa shape index (κ1) is 14.4. The topological polar surface area (TPSA) is 35.5 Å². The van der Waals surface area contributed by atoms with Gasteiger partial charge in [-0.1, -0.05) is 12.5 Å². The van der Waals surface area contributed by atoms with E-state index in [2.05, 4.69) is 19.1 Å². The van der Waals surface area contributed by atoms with Crippen molar-refractivity contribution in [3.8, 4) is 5.75 Å². The summed E-state index contributed by atoms with van der Waals surface area (Å²) in [5, 5.41) is 0. The van der Waals surface area contributed by atoms with Gasteiger partial charge in [0.05, 0.1) is 19.6 Å². The molecule has 1 aromatic rings. The van der Waals surface area contributed by atoms with E-state index in [0.29, 0.717) is 11.8 Å². The largest absolute Gasteiger partial charge is 0.497 e. The molecule has 0 bridgehead atoms. The highest BCUT2D eigenvalue weighted by Gasteiger charge is 2.49. The van der Waals surface area contributed by atoms with Crippen LogP contribution in [0.4, 0.5) is 0 Å². The Morgan fingerprint density at radius 1 is 1.24 bits per heavy atom. The summed E-state index contributed by atoms with van der Waals surface area (Å²) in [6.45, 7) is 2.10. The van der Waals surface area contributed by atoms with Gasteiger partial charge < -0.3 is 9.47 Å². The predicted octanol–water partition coefficient (Wildman–Crippen LogP) is 3.39. The number of hydrogen-bond donors (Lipinski definition) is 0. The predicted molar refractivity (Wildman–Crippen MR) is 81.4 cm³/mol. The number of carbonyl (C=O) groups is 1. The summed E-state index contributed by atoms with van der Waals surface area (Å²) in [4.78, 5) is 12.3. The van der Waals surface area contributed by atoms with Crippen LogP contribution in [0, 0.1) is 17.3 Å². The molecule has 1 fully saturated rings. The van der Waals surface area contributed by atoms with Gasteiger partial charge in [-0.2, -0.15) is 0 Å². The number of esters is 1. The Balaban J connectivity index is 1.94. The van der Waals surface area contributed by atoms with Gasteiger partial charge in [0.25, 0.3) is 0 Å². The molecule has 2 aliphatic rings. The third kappa shape index (κ3) is 2.33. The maximum absolute atomic E-state index is 12.3. The van der Waals surface area contributed by atoms with Gasteiger partial charge in [-0.05, 0) is 67.7 Å². The molecule has 0 spiro atoms. The van der Waals surface area contributed by atoms with Crippen molar-refractivity contribution in [3.05, 3.63) is 29.3 Å². The van der Waals surface area contributed by atoms with Gasteiger partial charge >= 0.3 is 5.97 Å². The first-order valence-corrected chi connectivity index (χ1v) is 7.82. The quantitative estimate of drug-likeness (QED) is 0.783. The molecule has 0 heterocycles. The first-order valence-electron chi connectivity index (χ1n) is 7.82. The molecule has 3 heteroatoms. The molecule has 1 saturated carbocycles. The molecule has 0 saturated heterocycles. The van der Waals surface area contributed by atoms with Crippen molar-refractivity contribution in [2.24, 2.45) is 17.3 Å². The molecule has 3 rings (SSSR count). The average Bonchev–Trinajstić information content (AvgIpc) is 2.52. The number of ether oxygens (including phenoxy) is 2. The third-order valence-corrected chi connectivity index (χ3v) is 5.65. The van der Waals surface area contributed by atoms with E-state index in [-0.39, 0.29) is 11.4 Å². The van der Waals surface area contributed by atoms with Crippen LogP contribution in [0.3, 0.4) is 0 Å². The molecule has 0 aliphatic heterocycles. The normalized spacial score (nSPS) is 31.0. The molecular formula is C18H24O3. The minimum atomic E-state index is -0.324. The second-order valence-electron chi connectivity index (χ2n) is 6.71. The molecule has 3 atom stereocenters. The Bertz CT molecular complexity index is 551. The molecule has 0 unspecified atom stereocenters. The molecule has 0 N–H and O–H groups in total. The van der Waals surface area contributed by atoms with Crippen LogP contribution in [0.2, 0.25) is 0 Å². The summed E-state index contributed by atoms with van der Waals surface area (Å²) in [6, 6.07) is 6.35. The summed E-state index contributed by atoms with van der Waals surface area (Å²) in [5.41, 5.74) is 2.44. The van der Waals surface area contributed by atoms with E-state index in [1.54, 1.807) is 7.11 Å². The monoisotopic (exact) mass is 288 g/mol. The van der Waals surface area contributed by atoms with E-state index >= 15 is 0 Å². The summed E-state index contributed by atoms with van der Waals surface area (Å²) in [6.07, 6.45) is 5.33. The van der Waals surface area contributed by atoms with Gasteiger partial charge in [-0.15, -0.1) is 0 Å². The fourth-order valence-corrected chi connectivity index (χ4v) is 4.40. The Hall–Kier alpha value is -1.51. The van der Waals surface area contributed by atoms with E-state index in [4.69, 9.17) is 9.47 Å². The molecular weight excluding hydrogens is 264 g/mol. The Morgan fingerprint density at radius 2 is 2.05 bits per heavy atom. The molecule has 3 nitrogen and oxygen atoms in total. The van der Waals surface area contributed by atoms with Crippen LogP contribution in [-0.4, -0.2) is 20.2 Å². The lowest BCUT2D eigenvalue weighted by atomic mass is 9.57. The second kappa shape index (κ2) is 5.36. The summed E-state index contributed by atoms with van der Waals surface area (Å²) >= 11 is 0. The summed E-state index contributed by atoms with van der Waals surface area (Å²) in [5.74, 6) is 1.88. The van der Waals surface area contributed by atoms with Crippen LogP contribution in [0.25, 0.3) is 0 Å². The van der Waals surface area contributed by atoms with E-state index in [0.717, 1.165) is 31.4 Å². The lowest BCUT2D eigenvalue weighted by Crippen LogP contribution is -2.46. The van der Waals surface area contributed by atoms with Gasteiger partial charge in [0.2, 0.25) is 0 Å². The van der Waals surface area contributed by atoms with E-state index in [9.17, 15) is 4.79 Å². The maximum Gasteiger partial charge on any atom is 0.311 e. The smallest absolute Gasteiger partial charge is 0.311 e. The number of benzene rings is 1. The zero-order valence-electron chi connectivity index (χ0n) is 13.1. The number of rotatable bonds is 2. The van der Waals surface area contributed by atoms with E-state index in [1.165, 1.54) is 24.7 Å². The standard InChI is InChI=1S/C18H24O3/c1-18(17(19)21-3)8-4-5-13-9-14-10-15(20-2)7-6-12(14)11-16(13)18/h6-7,10,13,16H,4-5,8-9,11H2,1-3H3/t13-,16-,18-/m1/s1.